The molecule has 0 unspecified atom stereocenters. The molecule has 0 aromatic carbocycles. The molecule has 0 aliphatic carbocycles. The molecule has 9 nitrogen and oxygen atoms in total. The van der Waals surface area contributed by atoms with E-state index in [1.165, 1.54) is 0 Å². The fourth-order valence-electron chi connectivity index (χ4n) is 4.29. The van der Waals surface area contributed by atoms with Gasteiger partial charge in [0.25, 0.3) is 0 Å². The van der Waals surface area contributed by atoms with Crippen molar-refractivity contribution in [1.82, 2.24) is 29.5 Å². The zero-order valence-corrected chi connectivity index (χ0v) is 18.7. The lowest BCUT2D eigenvalue weighted by Gasteiger charge is -2.34. The lowest BCUT2D eigenvalue weighted by atomic mass is 10.0. The number of fused-ring (bicyclic) bond motifs is 1. The van der Waals surface area contributed by atoms with Crippen molar-refractivity contribution in [3.63, 3.8) is 0 Å². The molecular weight excluding hydrogens is 402 g/mol. The van der Waals surface area contributed by atoms with Gasteiger partial charge in [-0.2, -0.15) is 10.2 Å². The van der Waals surface area contributed by atoms with Gasteiger partial charge >= 0.3 is 0 Å². The number of nitrogens with zero attached hydrogens (tertiary/aromatic N) is 7. The summed E-state index contributed by atoms with van der Waals surface area (Å²) in [5.74, 6) is 1.48. The van der Waals surface area contributed by atoms with Crippen LogP contribution in [0.15, 0.2) is 43.0 Å². The summed E-state index contributed by atoms with van der Waals surface area (Å²) in [6.45, 7) is 6.00. The molecule has 5 rings (SSSR count). The van der Waals surface area contributed by atoms with Gasteiger partial charge in [-0.15, -0.1) is 0 Å². The number of piperidine rings is 1. The van der Waals surface area contributed by atoms with E-state index < -0.39 is 0 Å². The number of aromatic nitrogens is 6. The van der Waals surface area contributed by atoms with Gasteiger partial charge in [-0.05, 0) is 38.8 Å². The highest BCUT2D eigenvalue weighted by atomic mass is 15.3. The monoisotopic (exact) mass is 431 g/mol. The first-order chi connectivity index (χ1) is 15.5. The molecular formula is C23H29N9. The van der Waals surface area contributed by atoms with Gasteiger partial charge in [0.05, 0.1) is 12.4 Å². The quantitative estimate of drug-likeness (QED) is 0.499. The maximum absolute atomic E-state index is 6.29. The predicted molar refractivity (Wildman–Crippen MR) is 127 cm³/mol. The Hall–Kier alpha value is -3.46. The fourth-order valence-corrected chi connectivity index (χ4v) is 4.29. The normalized spacial score (nSPS) is 16.8. The van der Waals surface area contributed by atoms with Crippen LogP contribution < -0.4 is 16.0 Å². The highest BCUT2D eigenvalue weighted by Crippen LogP contribution is 2.34. The van der Waals surface area contributed by atoms with Crippen molar-refractivity contribution >= 4 is 28.4 Å². The summed E-state index contributed by atoms with van der Waals surface area (Å²) < 4.78 is 3.74. The first-order valence-corrected chi connectivity index (χ1v) is 11.1. The van der Waals surface area contributed by atoms with Gasteiger partial charge in [-0.1, -0.05) is 0 Å². The molecule has 0 bridgehead atoms. The Morgan fingerprint density at radius 3 is 2.75 bits per heavy atom. The van der Waals surface area contributed by atoms with Crippen molar-refractivity contribution in [2.75, 3.05) is 23.3 Å². The van der Waals surface area contributed by atoms with E-state index in [9.17, 15) is 0 Å². The number of nitrogens with two attached hydrogens (primary N) is 1. The summed E-state index contributed by atoms with van der Waals surface area (Å²) in [6, 6.07) is 6.50. The highest BCUT2D eigenvalue weighted by molar-refractivity contribution is 5.81. The Kier molecular flexibility index (Phi) is 5.26. The van der Waals surface area contributed by atoms with Gasteiger partial charge in [0.15, 0.2) is 5.65 Å². The third kappa shape index (κ3) is 3.91. The van der Waals surface area contributed by atoms with E-state index in [4.69, 9.17) is 15.7 Å². The van der Waals surface area contributed by atoms with Crippen LogP contribution in [0.5, 0.6) is 0 Å². The smallest absolute Gasteiger partial charge is 0.160 e. The maximum atomic E-state index is 6.29. The molecule has 0 spiro atoms. The van der Waals surface area contributed by atoms with Crippen molar-refractivity contribution in [3.05, 3.63) is 43.0 Å². The fraction of sp³-hybridized carbons (Fsp3) is 0.391. The number of nitrogens with one attached hydrogen (secondary N) is 1. The lowest BCUT2D eigenvalue weighted by Crippen LogP contribution is -2.43. The third-order valence-corrected chi connectivity index (χ3v) is 5.89. The van der Waals surface area contributed by atoms with Crippen LogP contribution in [-0.4, -0.2) is 48.7 Å². The van der Waals surface area contributed by atoms with E-state index in [-0.39, 0.29) is 12.1 Å². The molecule has 166 valence electrons. The highest BCUT2D eigenvalue weighted by Gasteiger charge is 2.21. The van der Waals surface area contributed by atoms with Gasteiger partial charge in [0.1, 0.15) is 11.6 Å². The summed E-state index contributed by atoms with van der Waals surface area (Å²) >= 11 is 0. The zero-order valence-electron chi connectivity index (χ0n) is 18.7. The van der Waals surface area contributed by atoms with E-state index >= 15 is 0 Å². The van der Waals surface area contributed by atoms with Gasteiger partial charge in [-0.3, -0.25) is 4.68 Å². The summed E-state index contributed by atoms with van der Waals surface area (Å²) in [4.78, 5) is 11.8. The largest absolute Gasteiger partial charge is 0.369 e. The lowest BCUT2D eigenvalue weighted by molar-refractivity contribution is 0.506. The van der Waals surface area contributed by atoms with Crippen LogP contribution in [0.1, 0.15) is 32.7 Å². The summed E-state index contributed by atoms with van der Waals surface area (Å²) in [5, 5.41) is 13.2. The van der Waals surface area contributed by atoms with E-state index in [0.717, 1.165) is 65.4 Å². The molecule has 0 radical (unpaired) electrons. The van der Waals surface area contributed by atoms with Gasteiger partial charge in [-0.25, -0.2) is 14.6 Å². The molecule has 3 N–H and O–H groups in total. The molecule has 1 saturated heterocycles. The Labute approximate surface area is 187 Å². The molecule has 32 heavy (non-hydrogen) atoms. The van der Waals surface area contributed by atoms with Crippen LogP contribution in [0, 0.1) is 0 Å². The molecule has 4 aromatic rings. The topological polar surface area (TPSA) is 103 Å². The third-order valence-electron chi connectivity index (χ3n) is 5.89. The Balaban J connectivity index is 1.51. The molecule has 1 fully saturated rings. The standard InChI is InChI=1S/C23H29N9/c1-15(2)32-23-16(10-27-32)6-7-21(29-23)28-22-9-20(31-8-4-5-18(24)14-31)19(12-25-22)17-11-26-30(3)13-17/h6-7,9-13,15,18H,4-5,8,14,24H2,1-3H3,(H,25,28,29)/t18-/m0/s1. The minimum atomic E-state index is 0.176. The first-order valence-electron chi connectivity index (χ1n) is 11.1. The minimum absolute atomic E-state index is 0.176. The molecule has 5 heterocycles. The average molecular weight is 432 g/mol. The van der Waals surface area contributed by atoms with E-state index in [1.54, 1.807) is 0 Å². The average Bonchev–Trinajstić information content (AvgIpc) is 3.40. The Morgan fingerprint density at radius 2 is 2.00 bits per heavy atom. The summed E-state index contributed by atoms with van der Waals surface area (Å²) in [6.07, 6.45) is 9.79. The number of hydrogen-bond acceptors (Lipinski definition) is 7. The van der Waals surface area contributed by atoms with Crippen molar-refractivity contribution in [1.29, 1.82) is 0 Å². The van der Waals surface area contributed by atoms with Crippen molar-refractivity contribution in [2.45, 2.75) is 38.8 Å². The predicted octanol–water partition coefficient (Wildman–Crippen LogP) is 3.48. The molecule has 0 amide bonds. The number of pyridine rings is 2. The van der Waals surface area contributed by atoms with Gasteiger partial charge < -0.3 is 16.0 Å². The van der Waals surface area contributed by atoms with Crippen LogP contribution in [0.4, 0.5) is 17.3 Å². The summed E-state index contributed by atoms with van der Waals surface area (Å²) in [5.41, 5.74) is 10.4. The van der Waals surface area contributed by atoms with Crippen LogP contribution in [-0.2, 0) is 7.05 Å². The second kappa shape index (κ2) is 8.23. The van der Waals surface area contributed by atoms with Crippen LogP contribution in [0.25, 0.3) is 22.2 Å². The van der Waals surface area contributed by atoms with Crippen molar-refractivity contribution < 1.29 is 0 Å². The second-order valence-corrected chi connectivity index (χ2v) is 8.75. The van der Waals surface area contributed by atoms with Crippen LogP contribution in [0.2, 0.25) is 0 Å². The summed E-state index contributed by atoms with van der Waals surface area (Å²) in [7, 11) is 1.92. The van der Waals surface area contributed by atoms with Gasteiger partial charge in [0.2, 0.25) is 0 Å². The van der Waals surface area contributed by atoms with Crippen LogP contribution in [0.3, 0.4) is 0 Å². The second-order valence-electron chi connectivity index (χ2n) is 8.75. The van der Waals surface area contributed by atoms with Crippen molar-refractivity contribution in [3.8, 4) is 11.1 Å². The Morgan fingerprint density at radius 1 is 1.12 bits per heavy atom. The zero-order chi connectivity index (χ0) is 22.2. The molecule has 9 heteroatoms. The molecule has 4 aromatic heterocycles. The molecule has 0 saturated carbocycles. The number of hydrogen-bond donors (Lipinski definition) is 2. The number of aryl methyl sites for hydroxylation is 1. The number of rotatable bonds is 5. The Bertz CT molecular complexity index is 1240. The molecule has 1 atom stereocenters. The van der Waals surface area contributed by atoms with Crippen molar-refractivity contribution in [2.24, 2.45) is 12.8 Å². The SMILES string of the molecule is CC(C)n1ncc2ccc(Nc3cc(N4CCC[C@H](N)C4)c(-c4cnn(C)c4)cn3)nc21. The van der Waals surface area contributed by atoms with E-state index in [1.807, 2.05) is 53.3 Å². The number of anilines is 3. The van der Waals surface area contributed by atoms with E-state index in [2.05, 4.69) is 40.3 Å². The minimum Gasteiger partial charge on any atom is -0.369 e. The van der Waals surface area contributed by atoms with E-state index in [0.29, 0.717) is 0 Å². The molecule has 1 aliphatic rings. The van der Waals surface area contributed by atoms with Gasteiger partial charge in [0, 0.05) is 72.9 Å². The molecule has 1 aliphatic heterocycles. The first kappa shape index (κ1) is 20.4. The maximum Gasteiger partial charge on any atom is 0.160 e. The van der Waals surface area contributed by atoms with Crippen LogP contribution >= 0.6 is 0 Å².